The second-order valence-corrected chi connectivity index (χ2v) is 7.38. The fraction of sp³-hybridized carbons (Fsp3) is 0.188. The summed E-state index contributed by atoms with van der Waals surface area (Å²) in [6, 6.07) is 12.7. The van der Waals surface area contributed by atoms with Crippen molar-refractivity contribution < 1.29 is 13.2 Å². The molecule has 1 aliphatic rings. The Morgan fingerprint density at radius 2 is 1.79 bits per heavy atom. The molecule has 0 aromatic heterocycles. The zero-order valence-electron chi connectivity index (χ0n) is 12.7. The quantitative estimate of drug-likeness (QED) is 0.874. The lowest BCUT2D eigenvalue weighted by molar-refractivity contribution is 0.243. The first-order valence-electron chi connectivity index (χ1n) is 7.40. The highest BCUT2D eigenvalue weighted by atomic mass is 35.5. The molecule has 6 nitrogen and oxygen atoms in total. The molecular formula is C16H16ClN3O3S. The van der Waals surface area contributed by atoms with Gasteiger partial charge in [-0.1, -0.05) is 23.7 Å². The maximum absolute atomic E-state index is 12.4. The van der Waals surface area contributed by atoms with Crippen molar-refractivity contribution in [3.8, 4) is 0 Å². The van der Waals surface area contributed by atoms with Crippen molar-refractivity contribution in [2.24, 2.45) is 0 Å². The van der Waals surface area contributed by atoms with E-state index in [0.717, 1.165) is 6.42 Å². The number of carbonyl (C=O) groups excluding carboxylic acids is 1. The predicted octanol–water partition coefficient (Wildman–Crippen LogP) is 3.06. The molecule has 0 unspecified atom stereocenters. The van der Waals surface area contributed by atoms with Crippen molar-refractivity contribution in [1.82, 2.24) is 5.32 Å². The maximum atomic E-state index is 12.4. The number of nitrogens with one attached hydrogen (secondary N) is 2. The van der Waals surface area contributed by atoms with E-state index in [-0.39, 0.29) is 15.9 Å². The molecule has 2 aromatic carbocycles. The highest BCUT2D eigenvalue weighted by Gasteiger charge is 2.20. The van der Waals surface area contributed by atoms with Crippen LogP contribution in [0.2, 0.25) is 5.02 Å². The SMILES string of the molecule is O=C1NCCCN1c1ccc(NS(=O)(=O)c2ccccc2Cl)cc1. The van der Waals surface area contributed by atoms with E-state index in [4.69, 9.17) is 11.6 Å². The van der Waals surface area contributed by atoms with Crippen LogP contribution in [-0.2, 0) is 10.0 Å². The average Bonchev–Trinajstić information content (AvgIpc) is 2.56. The Morgan fingerprint density at radius 1 is 1.08 bits per heavy atom. The summed E-state index contributed by atoms with van der Waals surface area (Å²) in [5, 5.41) is 2.93. The van der Waals surface area contributed by atoms with Crippen LogP contribution in [0.25, 0.3) is 0 Å². The van der Waals surface area contributed by atoms with Crippen LogP contribution in [0, 0.1) is 0 Å². The molecule has 0 saturated carbocycles. The standard InChI is InChI=1S/C16H16ClN3O3S/c17-14-4-1-2-5-15(14)24(22,23)19-12-6-8-13(9-7-12)20-11-3-10-18-16(20)21/h1-2,4-9,19H,3,10-11H2,(H,18,21). The Bertz CT molecular complexity index is 853. The number of carbonyl (C=O) groups is 1. The third-order valence-corrected chi connectivity index (χ3v) is 5.52. The molecule has 1 saturated heterocycles. The molecule has 1 aliphatic heterocycles. The van der Waals surface area contributed by atoms with Gasteiger partial charge in [-0.2, -0.15) is 0 Å². The smallest absolute Gasteiger partial charge is 0.321 e. The Morgan fingerprint density at radius 3 is 2.46 bits per heavy atom. The fourth-order valence-electron chi connectivity index (χ4n) is 2.46. The van der Waals surface area contributed by atoms with E-state index in [1.165, 1.54) is 12.1 Å². The molecule has 0 bridgehead atoms. The molecular weight excluding hydrogens is 350 g/mol. The van der Waals surface area contributed by atoms with Gasteiger partial charge in [-0.25, -0.2) is 13.2 Å². The maximum Gasteiger partial charge on any atom is 0.321 e. The summed E-state index contributed by atoms with van der Waals surface area (Å²) in [7, 11) is -3.77. The number of hydrogen-bond donors (Lipinski definition) is 2. The number of halogens is 1. The minimum Gasteiger partial charge on any atom is -0.338 e. The number of sulfonamides is 1. The lowest BCUT2D eigenvalue weighted by atomic mass is 10.2. The van der Waals surface area contributed by atoms with E-state index < -0.39 is 10.0 Å². The number of hydrogen-bond acceptors (Lipinski definition) is 3. The van der Waals surface area contributed by atoms with Crippen LogP contribution in [0.3, 0.4) is 0 Å². The summed E-state index contributed by atoms with van der Waals surface area (Å²) in [4.78, 5) is 13.5. The van der Waals surface area contributed by atoms with E-state index in [2.05, 4.69) is 10.0 Å². The van der Waals surface area contributed by atoms with E-state index in [9.17, 15) is 13.2 Å². The number of anilines is 2. The van der Waals surface area contributed by atoms with Crippen LogP contribution in [0.5, 0.6) is 0 Å². The van der Waals surface area contributed by atoms with Gasteiger partial charge in [0, 0.05) is 24.5 Å². The number of urea groups is 1. The molecule has 126 valence electrons. The Balaban J connectivity index is 1.79. The van der Waals surface area contributed by atoms with Gasteiger partial charge in [-0.3, -0.25) is 9.62 Å². The largest absolute Gasteiger partial charge is 0.338 e. The Labute approximate surface area is 145 Å². The summed E-state index contributed by atoms with van der Waals surface area (Å²) in [6.07, 6.45) is 0.868. The Kier molecular flexibility index (Phi) is 4.64. The third kappa shape index (κ3) is 3.47. The topological polar surface area (TPSA) is 78.5 Å². The highest BCUT2D eigenvalue weighted by Crippen LogP contribution is 2.25. The van der Waals surface area contributed by atoms with Gasteiger partial charge in [0.05, 0.1) is 5.02 Å². The summed E-state index contributed by atoms with van der Waals surface area (Å²) in [5.41, 5.74) is 1.11. The van der Waals surface area contributed by atoms with Crippen LogP contribution in [-0.4, -0.2) is 27.5 Å². The number of rotatable bonds is 4. The van der Waals surface area contributed by atoms with Gasteiger partial charge in [0.25, 0.3) is 10.0 Å². The van der Waals surface area contributed by atoms with Gasteiger partial charge in [-0.05, 0) is 42.8 Å². The van der Waals surface area contributed by atoms with Crippen LogP contribution in [0.1, 0.15) is 6.42 Å². The van der Waals surface area contributed by atoms with Crippen LogP contribution >= 0.6 is 11.6 Å². The minimum absolute atomic E-state index is 0.0196. The zero-order chi connectivity index (χ0) is 17.2. The highest BCUT2D eigenvalue weighted by molar-refractivity contribution is 7.92. The van der Waals surface area contributed by atoms with Crippen molar-refractivity contribution in [3.05, 3.63) is 53.6 Å². The summed E-state index contributed by atoms with van der Waals surface area (Å²) < 4.78 is 27.3. The molecule has 24 heavy (non-hydrogen) atoms. The van der Waals surface area contributed by atoms with Crippen LogP contribution in [0.4, 0.5) is 16.2 Å². The molecule has 0 spiro atoms. The summed E-state index contributed by atoms with van der Waals surface area (Å²) in [6.45, 7) is 1.31. The third-order valence-electron chi connectivity index (χ3n) is 3.64. The fourth-order valence-corrected chi connectivity index (χ4v) is 4.04. The van der Waals surface area contributed by atoms with E-state index in [1.54, 1.807) is 41.3 Å². The van der Waals surface area contributed by atoms with Crippen molar-refractivity contribution in [1.29, 1.82) is 0 Å². The van der Waals surface area contributed by atoms with Gasteiger partial charge in [-0.15, -0.1) is 0 Å². The van der Waals surface area contributed by atoms with Crippen molar-refractivity contribution in [3.63, 3.8) is 0 Å². The number of amides is 2. The van der Waals surface area contributed by atoms with Gasteiger partial charge in [0.1, 0.15) is 4.90 Å². The van der Waals surface area contributed by atoms with Gasteiger partial charge in [0.2, 0.25) is 0 Å². The lowest BCUT2D eigenvalue weighted by Crippen LogP contribution is -2.46. The van der Waals surface area contributed by atoms with Crippen molar-refractivity contribution in [2.75, 3.05) is 22.7 Å². The monoisotopic (exact) mass is 365 g/mol. The number of benzene rings is 2. The molecule has 3 rings (SSSR count). The van der Waals surface area contributed by atoms with Crippen LogP contribution < -0.4 is 14.9 Å². The van der Waals surface area contributed by atoms with E-state index >= 15 is 0 Å². The molecule has 0 aliphatic carbocycles. The minimum atomic E-state index is -3.77. The van der Waals surface area contributed by atoms with Gasteiger partial charge >= 0.3 is 6.03 Å². The van der Waals surface area contributed by atoms with Crippen LogP contribution in [0.15, 0.2) is 53.4 Å². The second-order valence-electron chi connectivity index (χ2n) is 5.32. The molecule has 0 radical (unpaired) electrons. The zero-order valence-corrected chi connectivity index (χ0v) is 14.3. The number of nitrogens with zero attached hydrogens (tertiary/aromatic N) is 1. The lowest BCUT2D eigenvalue weighted by Gasteiger charge is -2.27. The van der Waals surface area contributed by atoms with Gasteiger partial charge < -0.3 is 5.32 Å². The molecule has 8 heteroatoms. The molecule has 2 N–H and O–H groups in total. The van der Waals surface area contributed by atoms with E-state index in [0.29, 0.717) is 24.5 Å². The van der Waals surface area contributed by atoms with Gasteiger partial charge in [0.15, 0.2) is 0 Å². The summed E-state index contributed by atoms with van der Waals surface area (Å²) in [5.74, 6) is 0. The first-order valence-corrected chi connectivity index (χ1v) is 9.26. The predicted molar refractivity (Wildman–Crippen MR) is 94.1 cm³/mol. The normalized spacial score (nSPS) is 15.0. The molecule has 0 atom stereocenters. The van der Waals surface area contributed by atoms with Crippen molar-refractivity contribution >= 4 is 39.0 Å². The molecule has 1 fully saturated rings. The molecule has 2 amide bonds. The Hall–Kier alpha value is -2.25. The van der Waals surface area contributed by atoms with E-state index in [1.807, 2.05) is 0 Å². The molecule has 1 heterocycles. The average molecular weight is 366 g/mol. The summed E-state index contributed by atoms with van der Waals surface area (Å²) >= 11 is 5.95. The first kappa shape index (κ1) is 16.6. The second kappa shape index (κ2) is 6.70. The molecule has 2 aromatic rings. The first-order chi connectivity index (χ1) is 11.5. The van der Waals surface area contributed by atoms with Crippen molar-refractivity contribution in [2.45, 2.75) is 11.3 Å².